The van der Waals surface area contributed by atoms with Gasteiger partial charge in [0.2, 0.25) is 5.69 Å². The Morgan fingerprint density at radius 3 is 2.55 bits per heavy atom. The number of thiophene rings is 1. The number of ketones is 1. The van der Waals surface area contributed by atoms with Crippen molar-refractivity contribution in [2.75, 3.05) is 43.2 Å². The SMILES string of the molecule is [C-]#[N+]c1c(N2CCOCC2)sc(C(=O)CS(C)(=O)=O)c1Cc1ccc(Cl)c(Cl)c1. The van der Waals surface area contributed by atoms with Gasteiger partial charge in [-0.15, -0.1) is 11.3 Å². The second-order valence-corrected chi connectivity index (χ2v) is 10.6. The van der Waals surface area contributed by atoms with Crippen LogP contribution in [0.1, 0.15) is 20.8 Å². The second kappa shape index (κ2) is 9.02. The molecule has 0 amide bonds. The number of nitrogens with zero attached hydrogens (tertiary/aromatic N) is 2. The van der Waals surface area contributed by atoms with Crippen LogP contribution in [-0.4, -0.2) is 52.5 Å². The normalized spacial score (nSPS) is 14.6. The third-order valence-corrected chi connectivity index (χ3v) is 7.23. The first kappa shape index (κ1) is 22.1. The van der Waals surface area contributed by atoms with Gasteiger partial charge in [0.05, 0.1) is 39.7 Å². The van der Waals surface area contributed by atoms with Gasteiger partial charge >= 0.3 is 0 Å². The predicted molar refractivity (Wildman–Crippen MR) is 117 cm³/mol. The smallest absolute Gasteiger partial charge is 0.224 e. The van der Waals surface area contributed by atoms with Gasteiger partial charge in [0.15, 0.2) is 15.6 Å². The first-order chi connectivity index (χ1) is 13.7. The molecule has 2 heterocycles. The molecule has 2 aromatic rings. The summed E-state index contributed by atoms with van der Waals surface area (Å²) in [5, 5.41) is 1.46. The lowest BCUT2D eigenvalue weighted by molar-refractivity contribution is 0.102. The minimum absolute atomic E-state index is 0.278. The average Bonchev–Trinajstić information content (AvgIpc) is 3.02. The van der Waals surface area contributed by atoms with E-state index in [1.54, 1.807) is 18.2 Å². The van der Waals surface area contributed by atoms with Crippen LogP contribution in [0.4, 0.5) is 10.7 Å². The van der Waals surface area contributed by atoms with Crippen LogP contribution in [0.25, 0.3) is 4.85 Å². The van der Waals surface area contributed by atoms with E-state index in [0.29, 0.717) is 57.5 Å². The molecule has 0 atom stereocenters. The molecular formula is C19H18Cl2N2O4S2. The number of benzene rings is 1. The third-order valence-electron chi connectivity index (χ3n) is 4.38. The molecule has 1 fully saturated rings. The number of carbonyl (C=O) groups is 1. The molecule has 0 aliphatic carbocycles. The van der Waals surface area contributed by atoms with Gasteiger partial charge in [-0.3, -0.25) is 4.79 Å². The standard InChI is InChI=1S/C19H18Cl2N2O4S2/c1-22-17-13(9-12-3-4-14(20)15(21)10-12)18(16(24)11-29(2,25)26)28-19(17)23-5-7-27-8-6-23/h3-4,10H,5-9,11H2,2H3. The lowest BCUT2D eigenvalue weighted by atomic mass is 10.0. The van der Waals surface area contributed by atoms with Crippen LogP contribution in [0.15, 0.2) is 18.2 Å². The zero-order valence-corrected chi connectivity index (χ0v) is 18.7. The maximum absolute atomic E-state index is 12.8. The Morgan fingerprint density at radius 2 is 1.97 bits per heavy atom. The zero-order valence-electron chi connectivity index (χ0n) is 15.6. The van der Waals surface area contributed by atoms with Gasteiger partial charge in [-0.1, -0.05) is 29.3 Å². The Labute approximate surface area is 183 Å². The molecule has 0 radical (unpaired) electrons. The van der Waals surface area contributed by atoms with E-state index in [1.807, 2.05) is 4.90 Å². The lowest BCUT2D eigenvalue weighted by Gasteiger charge is -2.28. The van der Waals surface area contributed by atoms with Crippen LogP contribution < -0.4 is 4.90 Å². The fraction of sp³-hybridized carbons (Fsp3) is 0.368. The fourth-order valence-corrected chi connectivity index (χ4v) is 5.37. The average molecular weight is 473 g/mol. The van der Waals surface area contributed by atoms with Crippen LogP contribution in [-0.2, 0) is 21.0 Å². The number of carbonyl (C=O) groups excluding carboxylic acids is 1. The van der Waals surface area contributed by atoms with Crippen molar-refractivity contribution >= 4 is 60.8 Å². The number of anilines is 1. The molecule has 1 aliphatic heterocycles. The molecule has 1 aromatic carbocycles. The number of ether oxygens (including phenoxy) is 1. The Bertz CT molecular complexity index is 1080. The van der Waals surface area contributed by atoms with Crippen molar-refractivity contribution in [1.29, 1.82) is 0 Å². The maximum Gasteiger partial charge on any atom is 0.224 e. The highest BCUT2D eigenvalue weighted by Crippen LogP contribution is 2.44. The summed E-state index contributed by atoms with van der Waals surface area (Å²) < 4.78 is 28.8. The van der Waals surface area contributed by atoms with Gasteiger partial charge in [-0.25, -0.2) is 13.3 Å². The molecule has 29 heavy (non-hydrogen) atoms. The van der Waals surface area contributed by atoms with Crippen LogP contribution >= 0.6 is 34.5 Å². The van der Waals surface area contributed by atoms with Gasteiger partial charge in [0.1, 0.15) is 5.75 Å². The van der Waals surface area contributed by atoms with Crippen molar-refractivity contribution in [1.82, 2.24) is 0 Å². The van der Waals surface area contributed by atoms with Gasteiger partial charge in [0, 0.05) is 19.3 Å². The van der Waals surface area contributed by atoms with Gasteiger partial charge < -0.3 is 9.64 Å². The van der Waals surface area contributed by atoms with E-state index in [2.05, 4.69) is 4.85 Å². The van der Waals surface area contributed by atoms with Crippen molar-refractivity contribution in [2.24, 2.45) is 0 Å². The van der Waals surface area contributed by atoms with Crippen molar-refractivity contribution in [2.45, 2.75) is 6.42 Å². The quantitative estimate of drug-likeness (QED) is 0.463. The first-order valence-corrected chi connectivity index (χ1v) is 12.3. The van der Waals surface area contributed by atoms with E-state index in [9.17, 15) is 13.2 Å². The molecule has 1 aromatic heterocycles. The summed E-state index contributed by atoms with van der Waals surface area (Å²) in [4.78, 5) is 18.8. The summed E-state index contributed by atoms with van der Waals surface area (Å²) >= 11 is 13.3. The highest BCUT2D eigenvalue weighted by molar-refractivity contribution is 7.91. The summed E-state index contributed by atoms with van der Waals surface area (Å²) in [7, 11) is -3.50. The zero-order chi connectivity index (χ0) is 21.2. The molecule has 154 valence electrons. The topological polar surface area (TPSA) is 68.0 Å². The van der Waals surface area contributed by atoms with E-state index < -0.39 is 21.4 Å². The predicted octanol–water partition coefficient (Wildman–Crippen LogP) is 4.26. The first-order valence-electron chi connectivity index (χ1n) is 8.70. The number of hydrogen-bond acceptors (Lipinski definition) is 6. The molecule has 0 bridgehead atoms. The molecule has 0 unspecified atom stereocenters. The largest absolute Gasteiger partial charge is 0.378 e. The van der Waals surface area contributed by atoms with Crippen LogP contribution in [0.3, 0.4) is 0 Å². The molecule has 6 nitrogen and oxygen atoms in total. The molecular weight excluding hydrogens is 455 g/mol. The minimum Gasteiger partial charge on any atom is -0.378 e. The summed E-state index contributed by atoms with van der Waals surface area (Å²) in [5.74, 6) is -1.10. The molecule has 0 spiro atoms. The van der Waals surface area contributed by atoms with Crippen molar-refractivity contribution in [3.63, 3.8) is 0 Å². The lowest BCUT2D eigenvalue weighted by Crippen LogP contribution is -2.35. The molecule has 0 N–H and O–H groups in total. The number of hydrogen-bond donors (Lipinski definition) is 0. The van der Waals surface area contributed by atoms with E-state index in [-0.39, 0.29) is 6.42 Å². The van der Waals surface area contributed by atoms with E-state index in [4.69, 9.17) is 34.5 Å². The number of halogens is 2. The van der Waals surface area contributed by atoms with E-state index >= 15 is 0 Å². The highest BCUT2D eigenvalue weighted by atomic mass is 35.5. The van der Waals surface area contributed by atoms with Gasteiger partial charge in [-0.05, 0) is 29.7 Å². The second-order valence-electron chi connectivity index (χ2n) is 6.69. The van der Waals surface area contributed by atoms with Gasteiger partial charge in [0.25, 0.3) is 0 Å². The third kappa shape index (κ3) is 5.30. The molecule has 1 aliphatic rings. The molecule has 10 heteroatoms. The van der Waals surface area contributed by atoms with Crippen molar-refractivity contribution < 1.29 is 17.9 Å². The Hall–Kier alpha value is -1.63. The fourth-order valence-electron chi connectivity index (χ4n) is 3.09. The molecule has 1 saturated heterocycles. The summed E-state index contributed by atoms with van der Waals surface area (Å²) in [6, 6.07) is 5.12. The summed E-state index contributed by atoms with van der Waals surface area (Å²) in [6.07, 6.45) is 1.30. The number of sulfone groups is 1. The molecule has 0 saturated carbocycles. The highest BCUT2D eigenvalue weighted by Gasteiger charge is 2.28. The molecule has 3 rings (SSSR count). The maximum atomic E-state index is 12.8. The van der Waals surface area contributed by atoms with Crippen LogP contribution in [0.2, 0.25) is 10.0 Å². The minimum atomic E-state index is -3.50. The van der Waals surface area contributed by atoms with Gasteiger partial charge in [-0.2, -0.15) is 0 Å². The van der Waals surface area contributed by atoms with Crippen molar-refractivity contribution in [3.8, 4) is 0 Å². The summed E-state index contributed by atoms with van der Waals surface area (Å²) in [6.45, 7) is 9.99. The Kier molecular flexibility index (Phi) is 6.87. The number of Topliss-reactive ketones (excluding diaryl/α,β-unsaturated/α-hetero) is 1. The van der Waals surface area contributed by atoms with E-state index in [1.165, 1.54) is 11.3 Å². The monoisotopic (exact) mass is 472 g/mol. The van der Waals surface area contributed by atoms with Crippen LogP contribution in [0, 0.1) is 6.57 Å². The number of morpholine rings is 1. The van der Waals surface area contributed by atoms with Crippen LogP contribution in [0.5, 0.6) is 0 Å². The summed E-state index contributed by atoms with van der Waals surface area (Å²) in [5.41, 5.74) is 1.68. The van der Waals surface area contributed by atoms with Crippen molar-refractivity contribution in [3.05, 3.63) is 55.7 Å². The number of rotatable bonds is 6. The Balaban J connectivity index is 2.09. The van der Waals surface area contributed by atoms with E-state index in [0.717, 1.165) is 11.8 Å². The Morgan fingerprint density at radius 1 is 1.28 bits per heavy atom.